The zero-order chi connectivity index (χ0) is 23.9. The number of hydrogen-bond donors (Lipinski definition) is 3. The number of aromatic amines is 2. The summed E-state index contributed by atoms with van der Waals surface area (Å²) in [6.45, 7) is 4.17. The number of H-pyrrole nitrogens is 2. The fraction of sp³-hybridized carbons (Fsp3) is 0.111. The first kappa shape index (κ1) is 21.0. The molecule has 6 aromatic rings. The molecule has 172 valence electrons. The molecule has 0 amide bonds. The van der Waals surface area contributed by atoms with Gasteiger partial charge in [-0.05, 0) is 55.8 Å². The Morgan fingerprint density at radius 1 is 0.857 bits per heavy atom. The highest BCUT2D eigenvalue weighted by molar-refractivity contribution is 5.96. The maximum absolute atomic E-state index is 13.9. The maximum Gasteiger partial charge on any atom is 0.161 e. The van der Waals surface area contributed by atoms with Gasteiger partial charge in [0.1, 0.15) is 11.3 Å². The molecule has 0 unspecified atom stereocenters. The summed E-state index contributed by atoms with van der Waals surface area (Å²) in [5.74, 6) is 0.306. The Bertz CT molecular complexity index is 1680. The van der Waals surface area contributed by atoms with Crippen LogP contribution in [0.15, 0.2) is 73.1 Å². The summed E-state index contributed by atoms with van der Waals surface area (Å²) in [4.78, 5) is 17.5. The molecule has 4 aromatic heterocycles. The summed E-state index contributed by atoms with van der Waals surface area (Å²) in [5.41, 5.74) is 7.96. The van der Waals surface area contributed by atoms with Gasteiger partial charge >= 0.3 is 0 Å². The highest BCUT2D eigenvalue weighted by atomic mass is 19.1. The third-order valence-electron chi connectivity index (χ3n) is 5.77. The summed E-state index contributed by atoms with van der Waals surface area (Å²) >= 11 is 0. The van der Waals surface area contributed by atoms with E-state index in [0.717, 1.165) is 44.6 Å². The normalized spacial score (nSPS) is 11.5. The van der Waals surface area contributed by atoms with Crippen molar-refractivity contribution in [3.05, 3.63) is 78.9 Å². The van der Waals surface area contributed by atoms with E-state index in [4.69, 9.17) is 9.97 Å². The third kappa shape index (κ3) is 3.89. The first-order valence-electron chi connectivity index (χ1n) is 11.4. The van der Waals surface area contributed by atoms with Crippen molar-refractivity contribution in [1.29, 1.82) is 0 Å². The van der Waals surface area contributed by atoms with Crippen LogP contribution in [0.1, 0.15) is 13.8 Å². The Labute approximate surface area is 200 Å². The molecule has 0 bridgehead atoms. The van der Waals surface area contributed by atoms with E-state index in [9.17, 15) is 4.39 Å². The van der Waals surface area contributed by atoms with Crippen molar-refractivity contribution in [2.24, 2.45) is 0 Å². The van der Waals surface area contributed by atoms with Crippen LogP contribution in [0.2, 0.25) is 0 Å². The SMILES string of the molecule is CC(C)Nc1cncc(-c2ccc3[nH]nc(-c4nc5c(-c6cccc(F)c6)cccc5[nH]4)c3n2)c1. The molecule has 2 aromatic carbocycles. The quantitative estimate of drug-likeness (QED) is 0.283. The van der Waals surface area contributed by atoms with Crippen LogP contribution in [0, 0.1) is 5.82 Å². The van der Waals surface area contributed by atoms with Gasteiger partial charge in [0.15, 0.2) is 11.5 Å². The molecule has 0 spiro atoms. The molecular weight excluding hydrogens is 441 g/mol. The molecule has 4 heterocycles. The van der Waals surface area contributed by atoms with Crippen molar-refractivity contribution >= 4 is 27.8 Å². The van der Waals surface area contributed by atoms with Gasteiger partial charge in [-0.15, -0.1) is 0 Å². The summed E-state index contributed by atoms with van der Waals surface area (Å²) in [5, 5.41) is 10.9. The molecular formula is C27H22FN7. The van der Waals surface area contributed by atoms with Crippen LogP contribution in [0.25, 0.3) is 56.0 Å². The standard InChI is InChI=1S/C27H22FN7/c1-15(2)30-19-12-17(13-29-14-19)21-9-10-23-25(31-21)26(35-34-23)27-32-22-8-4-7-20(24(22)33-27)16-5-3-6-18(28)11-16/h3-15,30H,1-2H3,(H,32,33)(H,34,35). The van der Waals surface area contributed by atoms with Crippen LogP contribution in [-0.2, 0) is 0 Å². The number of rotatable bonds is 5. The number of imidazole rings is 1. The zero-order valence-electron chi connectivity index (χ0n) is 19.2. The summed E-state index contributed by atoms with van der Waals surface area (Å²) in [7, 11) is 0. The highest BCUT2D eigenvalue weighted by Gasteiger charge is 2.17. The number of hydrogen-bond acceptors (Lipinski definition) is 5. The third-order valence-corrected chi connectivity index (χ3v) is 5.77. The van der Waals surface area contributed by atoms with Crippen molar-refractivity contribution in [2.45, 2.75) is 19.9 Å². The number of pyridine rings is 2. The lowest BCUT2D eigenvalue weighted by molar-refractivity contribution is 0.628. The number of benzene rings is 2. The Balaban J connectivity index is 1.45. The molecule has 0 saturated carbocycles. The predicted octanol–water partition coefficient (Wildman–Crippen LogP) is 6.19. The van der Waals surface area contributed by atoms with Gasteiger partial charge in [-0.3, -0.25) is 10.1 Å². The number of anilines is 1. The number of nitrogens with one attached hydrogen (secondary N) is 3. The van der Waals surface area contributed by atoms with Gasteiger partial charge in [-0.1, -0.05) is 24.3 Å². The van der Waals surface area contributed by atoms with E-state index in [1.807, 2.05) is 42.5 Å². The van der Waals surface area contributed by atoms with Gasteiger partial charge in [-0.25, -0.2) is 14.4 Å². The van der Waals surface area contributed by atoms with Gasteiger partial charge in [-0.2, -0.15) is 5.10 Å². The van der Waals surface area contributed by atoms with Gasteiger partial charge in [0, 0.05) is 29.6 Å². The monoisotopic (exact) mass is 463 g/mol. The Morgan fingerprint density at radius 2 is 1.74 bits per heavy atom. The Morgan fingerprint density at radius 3 is 2.60 bits per heavy atom. The number of fused-ring (bicyclic) bond motifs is 2. The van der Waals surface area contributed by atoms with Crippen molar-refractivity contribution in [3.63, 3.8) is 0 Å². The number of halogens is 1. The number of nitrogens with zero attached hydrogens (tertiary/aromatic N) is 4. The summed E-state index contributed by atoms with van der Waals surface area (Å²) in [6.07, 6.45) is 3.60. The first-order valence-corrected chi connectivity index (χ1v) is 11.4. The number of para-hydroxylation sites is 1. The highest BCUT2D eigenvalue weighted by Crippen LogP contribution is 2.32. The molecule has 8 heteroatoms. The average molecular weight is 464 g/mol. The smallest absolute Gasteiger partial charge is 0.161 e. The molecule has 0 atom stereocenters. The summed E-state index contributed by atoms with van der Waals surface area (Å²) < 4.78 is 13.9. The second kappa shape index (κ2) is 8.32. The van der Waals surface area contributed by atoms with Gasteiger partial charge < -0.3 is 10.3 Å². The van der Waals surface area contributed by atoms with Crippen LogP contribution < -0.4 is 5.32 Å². The topological polar surface area (TPSA) is 95.2 Å². The largest absolute Gasteiger partial charge is 0.382 e. The summed E-state index contributed by atoms with van der Waals surface area (Å²) in [6, 6.07) is 18.6. The van der Waals surface area contributed by atoms with Crippen LogP contribution in [0.3, 0.4) is 0 Å². The lowest BCUT2D eigenvalue weighted by atomic mass is 10.0. The van der Waals surface area contributed by atoms with E-state index in [-0.39, 0.29) is 5.82 Å². The molecule has 0 saturated heterocycles. The van der Waals surface area contributed by atoms with E-state index in [2.05, 4.69) is 39.3 Å². The molecule has 7 nitrogen and oxygen atoms in total. The molecule has 0 aliphatic rings. The van der Waals surface area contributed by atoms with Crippen LogP contribution in [0.4, 0.5) is 10.1 Å². The van der Waals surface area contributed by atoms with Gasteiger partial charge in [0.25, 0.3) is 0 Å². The minimum absolute atomic E-state index is 0.285. The molecule has 0 aliphatic heterocycles. The molecule has 35 heavy (non-hydrogen) atoms. The van der Waals surface area contributed by atoms with Crippen LogP contribution in [-0.4, -0.2) is 36.2 Å². The predicted molar refractivity (Wildman–Crippen MR) is 136 cm³/mol. The van der Waals surface area contributed by atoms with Crippen molar-refractivity contribution in [1.82, 2.24) is 30.1 Å². The van der Waals surface area contributed by atoms with E-state index < -0.39 is 0 Å². The average Bonchev–Trinajstić information content (AvgIpc) is 3.47. The lowest BCUT2D eigenvalue weighted by Crippen LogP contribution is -2.09. The molecule has 6 rings (SSSR count). The van der Waals surface area contributed by atoms with Gasteiger partial charge in [0.05, 0.1) is 27.9 Å². The van der Waals surface area contributed by atoms with Crippen molar-refractivity contribution in [2.75, 3.05) is 5.32 Å². The first-order chi connectivity index (χ1) is 17.0. The lowest BCUT2D eigenvalue weighted by Gasteiger charge is -2.10. The fourth-order valence-electron chi connectivity index (χ4n) is 4.25. The second-order valence-electron chi connectivity index (χ2n) is 8.72. The molecule has 0 fully saturated rings. The fourth-order valence-corrected chi connectivity index (χ4v) is 4.25. The van der Waals surface area contributed by atoms with Crippen LogP contribution >= 0.6 is 0 Å². The minimum Gasteiger partial charge on any atom is -0.382 e. The van der Waals surface area contributed by atoms with E-state index in [1.54, 1.807) is 18.5 Å². The van der Waals surface area contributed by atoms with E-state index in [0.29, 0.717) is 23.1 Å². The molecule has 0 radical (unpaired) electrons. The molecule has 0 aliphatic carbocycles. The van der Waals surface area contributed by atoms with E-state index in [1.165, 1.54) is 12.1 Å². The second-order valence-corrected chi connectivity index (χ2v) is 8.72. The maximum atomic E-state index is 13.9. The minimum atomic E-state index is -0.285. The van der Waals surface area contributed by atoms with Gasteiger partial charge in [0.2, 0.25) is 0 Å². The van der Waals surface area contributed by atoms with Crippen LogP contribution in [0.5, 0.6) is 0 Å². The van der Waals surface area contributed by atoms with E-state index >= 15 is 0 Å². The number of aromatic nitrogens is 6. The Kier molecular flexibility index (Phi) is 4.99. The Hall–Kier alpha value is -4.59. The van der Waals surface area contributed by atoms with Crippen molar-refractivity contribution < 1.29 is 4.39 Å². The zero-order valence-corrected chi connectivity index (χ0v) is 19.2. The van der Waals surface area contributed by atoms with Crippen molar-refractivity contribution in [3.8, 4) is 33.9 Å². The molecule has 3 N–H and O–H groups in total.